The van der Waals surface area contributed by atoms with Crippen LogP contribution in [0.1, 0.15) is 40.7 Å². The number of aryl methyl sites for hydroxylation is 1. The average Bonchev–Trinajstić information content (AvgIpc) is 3.10. The lowest BCUT2D eigenvalue weighted by Gasteiger charge is -2.40. The molecule has 0 radical (unpaired) electrons. The highest BCUT2D eigenvalue weighted by atomic mass is 16.3. The van der Waals surface area contributed by atoms with Crippen LogP contribution in [-0.2, 0) is 6.42 Å². The fourth-order valence-electron chi connectivity index (χ4n) is 4.87. The molecule has 0 aromatic heterocycles. The molecule has 2 aromatic rings. The number of rotatable bonds is 4. The Bertz CT molecular complexity index is 836. The van der Waals surface area contributed by atoms with E-state index < -0.39 is 0 Å². The number of piperidine rings is 1. The fourth-order valence-corrected chi connectivity index (χ4v) is 4.87. The summed E-state index contributed by atoms with van der Waals surface area (Å²) in [5, 5.41) is 10.2. The largest absolute Gasteiger partial charge is 0.507 e. The first-order chi connectivity index (χ1) is 13.5. The molecule has 1 N–H and O–H groups in total. The zero-order valence-electron chi connectivity index (χ0n) is 16.7. The van der Waals surface area contributed by atoms with Crippen molar-refractivity contribution in [1.82, 2.24) is 9.80 Å². The molecule has 2 heterocycles. The van der Waals surface area contributed by atoms with E-state index in [9.17, 15) is 9.90 Å². The minimum atomic E-state index is -0.0317. The second-order valence-electron chi connectivity index (χ2n) is 8.61. The first kappa shape index (κ1) is 19.0. The van der Waals surface area contributed by atoms with Gasteiger partial charge in [0, 0.05) is 31.6 Å². The maximum absolute atomic E-state index is 12.9. The summed E-state index contributed by atoms with van der Waals surface area (Å²) in [6.45, 7) is 6.83. The van der Waals surface area contributed by atoms with Gasteiger partial charge in [-0.25, -0.2) is 0 Å². The van der Waals surface area contributed by atoms with Crippen LogP contribution in [0.2, 0.25) is 0 Å². The van der Waals surface area contributed by atoms with Crippen molar-refractivity contribution >= 4 is 5.91 Å². The molecule has 0 aliphatic carbocycles. The van der Waals surface area contributed by atoms with Gasteiger partial charge in [0.05, 0.1) is 5.56 Å². The Morgan fingerprint density at radius 1 is 1.07 bits per heavy atom. The first-order valence-electron chi connectivity index (χ1n) is 10.4. The lowest BCUT2D eigenvalue weighted by atomic mass is 9.79. The fraction of sp³-hybridized carbons (Fsp3) is 0.458. The summed E-state index contributed by atoms with van der Waals surface area (Å²) in [4.78, 5) is 17.5. The van der Waals surface area contributed by atoms with Gasteiger partial charge in [0.1, 0.15) is 5.75 Å². The molecule has 1 spiro atoms. The zero-order chi connectivity index (χ0) is 19.6. The van der Waals surface area contributed by atoms with Gasteiger partial charge in [-0.2, -0.15) is 0 Å². The van der Waals surface area contributed by atoms with Crippen LogP contribution in [0.3, 0.4) is 0 Å². The molecule has 1 atom stereocenters. The summed E-state index contributed by atoms with van der Waals surface area (Å²) in [7, 11) is 0. The lowest BCUT2D eigenvalue weighted by Crippen LogP contribution is -2.46. The van der Waals surface area contributed by atoms with Gasteiger partial charge in [-0.1, -0.05) is 36.4 Å². The summed E-state index contributed by atoms with van der Waals surface area (Å²) in [5.74, 6) is 0.0647. The second-order valence-corrected chi connectivity index (χ2v) is 8.61. The van der Waals surface area contributed by atoms with E-state index in [1.165, 1.54) is 18.4 Å². The monoisotopic (exact) mass is 378 g/mol. The number of carbonyl (C=O) groups is 1. The van der Waals surface area contributed by atoms with Crippen LogP contribution in [0.5, 0.6) is 5.75 Å². The molecule has 2 saturated heterocycles. The van der Waals surface area contributed by atoms with E-state index in [1.807, 2.05) is 17.9 Å². The number of hydrogen-bond donors (Lipinski definition) is 1. The van der Waals surface area contributed by atoms with Crippen molar-refractivity contribution in [2.75, 3.05) is 32.7 Å². The van der Waals surface area contributed by atoms with E-state index in [1.54, 1.807) is 12.1 Å². The van der Waals surface area contributed by atoms with Crippen molar-refractivity contribution in [1.29, 1.82) is 0 Å². The number of likely N-dealkylation sites (tertiary alicyclic amines) is 2. The first-order valence-corrected chi connectivity index (χ1v) is 10.4. The van der Waals surface area contributed by atoms with E-state index in [4.69, 9.17) is 0 Å². The predicted molar refractivity (Wildman–Crippen MR) is 112 cm³/mol. The molecule has 148 valence electrons. The van der Waals surface area contributed by atoms with Crippen molar-refractivity contribution in [3.8, 4) is 5.75 Å². The summed E-state index contributed by atoms with van der Waals surface area (Å²) in [6.07, 6.45) is 4.54. The number of carbonyl (C=O) groups excluding carboxylic acids is 1. The standard InChI is InChI=1S/C24H30N2O2/c1-19-8-9-21(22(27)16-19)23(28)26-15-12-24(18-26)11-5-13-25(17-24)14-10-20-6-3-2-4-7-20/h2-4,6-9,16,27H,5,10-15,17-18H2,1H3. The Labute approximate surface area is 167 Å². The number of phenols is 1. The Morgan fingerprint density at radius 3 is 2.68 bits per heavy atom. The van der Waals surface area contributed by atoms with Gasteiger partial charge in [-0.3, -0.25) is 4.79 Å². The van der Waals surface area contributed by atoms with Gasteiger partial charge in [-0.15, -0.1) is 0 Å². The van der Waals surface area contributed by atoms with E-state index in [0.29, 0.717) is 5.56 Å². The van der Waals surface area contributed by atoms with Crippen LogP contribution in [0.25, 0.3) is 0 Å². The minimum Gasteiger partial charge on any atom is -0.507 e. The van der Waals surface area contributed by atoms with E-state index in [2.05, 4.69) is 35.2 Å². The molecule has 4 nitrogen and oxygen atoms in total. The topological polar surface area (TPSA) is 43.8 Å². The number of nitrogens with zero attached hydrogens (tertiary/aromatic N) is 2. The molecule has 1 unspecified atom stereocenters. The number of benzene rings is 2. The Kier molecular flexibility index (Phi) is 5.40. The summed E-state index contributed by atoms with van der Waals surface area (Å²) in [5.41, 5.74) is 3.00. The van der Waals surface area contributed by atoms with Crippen molar-refractivity contribution in [3.05, 3.63) is 65.2 Å². The van der Waals surface area contributed by atoms with Crippen molar-refractivity contribution in [2.45, 2.75) is 32.6 Å². The minimum absolute atomic E-state index is 0.0317. The molecule has 0 saturated carbocycles. The lowest BCUT2D eigenvalue weighted by molar-refractivity contribution is 0.0690. The van der Waals surface area contributed by atoms with Crippen molar-refractivity contribution < 1.29 is 9.90 Å². The van der Waals surface area contributed by atoms with Gasteiger partial charge in [0.15, 0.2) is 0 Å². The van der Waals surface area contributed by atoms with Gasteiger partial charge in [-0.05, 0) is 62.4 Å². The highest BCUT2D eigenvalue weighted by molar-refractivity contribution is 5.97. The van der Waals surface area contributed by atoms with Crippen molar-refractivity contribution in [3.63, 3.8) is 0 Å². The second kappa shape index (κ2) is 7.96. The van der Waals surface area contributed by atoms with E-state index >= 15 is 0 Å². The van der Waals surface area contributed by atoms with Crippen LogP contribution in [0, 0.1) is 12.3 Å². The SMILES string of the molecule is Cc1ccc(C(=O)N2CCC3(CCCN(CCc4ccccc4)C3)C2)c(O)c1. The van der Waals surface area contributed by atoms with Crippen LogP contribution in [0.15, 0.2) is 48.5 Å². The van der Waals surface area contributed by atoms with Crippen LogP contribution in [-0.4, -0.2) is 53.5 Å². The highest BCUT2D eigenvalue weighted by Crippen LogP contribution is 2.40. The maximum atomic E-state index is 12.9. The predicted octanol–water partition coefficient (Wildman–Crippen LogP) is 3.87. The molecule has 2 fully saturated rings. The Morgan fingerprint density at radius 2 is 1.89 bits per heavy atom. The van der Waals surface area contributed by atoms with Gasteiger partial charge < -0.3 is 14.9 Å². The third kappa shape index (κ3) is 4.07. The van der Waals surface area contributed by atoms with E-state index in [0.717, 1.165) is 51.1 Å². The molecular formula is C24H30N2O2. The Hall–Kier alpha value is -2.33. The number of amides is 1. The molecule has 4 heteroatoms. The van der Waals surface area contributed by atoms with Crippen LogP contribution >= 0.6 is 0 Å². The summed E-state index contributed by atoms with van der Waals surface area (Å²) in [6, 6.07) is 16.0. The third-order valence-electron chi connectivity index (χ3n) is 6.41. The molecule has 0 bridgehead atoms. The third-order valence-corrected chi connectivity index (χ3v) is 6.41. The smallest absolute Gasteiger partial charge is 0.257 e. The molecule has 2 aromatic carbocycles. The summed E-state index contributed by atoms with van der Waals surface area (Å²) < 4.78 is 0. The molecule has 28 heavy (non-hydrogen) atoms. The normalized spacial score (nSPS) is 22.7. The molecule has 2 aliphatic rings. The summed E-state index contributed by atoms with van der Waals surface area (Å²) >= 11 is 0. The molecule has 1 amide bonds. The number of hydrogen-bond acceptors (Lipinski definition) is 3. The van der Waals surface area contributed by atoms with E-state index in [-0.39, 0.29) is 17.1 Å². The van der Waals surface area contributed by atoms with Gasteiger partial charge in [0.2, 0.25) is 0 Å². The van der Waals surface area contributed by atoms with Crippen molar-refractivity contribution in [2.24, 2.45) is 5.41 Å². The molecular weight excluding hydrogens is 348 g/mol. The van der Waals surface area contributed by atoms with Crippen LogP contribution < -0.4 is 0 Å². The average molecular weight is 379 g/mol. The van der Waals surface area contributed by atoms with Gasteiger partial charge >= 0.3 is 0 Å². The highest BCUT2D eigenvalue weighted by Gasteiger charge is 2.43. The quantitative estimate of drug-likeness (QED) is 0.878. The zero-order valence-corrected chi connectivity index (χ0v) is 16.7. The molecule has 4 rings (SSSR count). The maximum Gasteiger partial charge on any atom is 0.257 e. The molecule has 2 aliphatic heterocycles. The van der Waals surface area contributed by atoms with Crippen LogP contribution in [0.4, 0.5) is 0 Å². The Balaban J connectivity index is 1.38. The van der Waals surface area contributed by atoms with Gasteiger partial charge in [0.25, 0.3) is 5.91 Å². The number of phenolic OH excluding ortho intramolecular Hbond substituents is 1. The number of aromatic hydroxyl groups is 1.